The minimum Gasteiger partial charge on any atom is -0.478 e. The number of carboxylic acids is 1. The Morgan fingerprint density at radius 1 is 1.17 bits per heavy atom. The predicted molar refractivity (Wildman–Crippen MR) is 112 cm³/mol. The second-order valence-corrected chi connectivity index (χ2v) is 7.16. The van der Waals surface area contributed by atoms with Gasteiger partial charge < -0.3 is 14.8 Å². The molecule has 0 fully saturated rings. The van der Waals surface area contributed by atoms with Crippen LogP contribution >= 0.6 is 27.5 Å². The number of carbonyl (C=O) groups is 2. The third kappa shape index (κ3) is 4.93. The monoisotopic (exact) mass is 470 g/mol. The van der Waals surface area contributed by atoms with Crippen LogP contribution in [-0.2, 0) is 4.79 Å². The van der Waals surface area contributed by atoms with E-state index < -0.39 is 11.9 Å². The van der Waals surface area contributed by atoms with E-state index in [4.69, 9.17) is 21.1 Å². The van der Waals surface area contributed by atoms with Crippen molar-refractivity contribution in [1.29, 1.82) is 5.26 Å². The van der Waals surface area contributed by atoms with Crippen LogP contribution in [0.1, 0.15) is 16.1 Å². The summed E-state index contributed by atoms with van der Waals surface area (Å²) in [7, 11) is 0. The first-order valence-electron chi connectivity index (χ1n) is 8.19. The highest BCUT2D eigenvalue weighted by molar-refractivity contribution is 9.10. The fourth-order valence-corrected chi connectivity index (χ4v) is 3.09. The number of halogens is 2. The number of amides is 1. The van der Waals surface area contributed by atoms with Crippen LogP contribution in [-0.4, -0.2) is 17.0 Å². The van der Waals surface area contributed by atoms with Crippen LogP contribution in [0.15, 0.2) is 69.1 Å². The molecule has 0 aliphatic heterocycles. The van der Waals surface area contributed by atoms with Crippen LogP contribution in [0, 0.1) is 11.3 Å². The average molecular weight is 472 g/mol. The van der Waals surface area contributed by atoms with Gasteiger partial charge in [0.1, 0.15) is 23.2 Å². The summed E-state index contributed by atoms with van der Waals surface area (Å²) in [6.07, 6.45) is 1.30. The van der Waals surface area contributed by atoms with Gasteiger partial charge in [-0.3, -0.25) is 4.79 Å². The normalized spacial score (nSPS) is 11.0. The topological polar surface area (TPSA) is 103 Å². The molecule has 0 atom stereocenters. The van der Waals surface area contributed by atoms with E-state index in [2.05, 4.69) is 21.2 Å². The minimum atomic E-state index is -1.09. The van der Waals surface area contributed by atoms with Gasteiger partial charge in [0.15, 0.2) is 0 Å². The number of hydrogen-bond acceptors (Lipinski definition) is 4. The molecular weight excluding hydrogens is 460 g/mol. The van der Waals surface area contributed by atoms with Gasteiger partial charge in [0, 0.05) is 21.8 Å². The molecule has 29 heavy (non-hydrogen) atoms. The number of rotatable bonds is 5. The summed E-state index contributed by atoms with van der Waals surface area (Å²) in [6.45, 7) is 0. The van der Waals surface area contributed by atoms with E-state index in [0.717, 1.165) is 4.47 Å². The molecule has 6 nitrogen and oxygen atoms in total. The molecule has 0 spiro atoms. The van der Waals surface area contributed by atoms with Crippen molar-refractivity contribution in [2.45, 2.75) is 0 Å². The van der Waals surface area contributed by atoms with Crippen molar-refractivity contribution in [3.05, 3.63) is 81.0 Å². The highest BCUT2D eigenvalue weighted by Gasteiger charge is 2.14. The third-order valence-electron chi connectivity index (χ3n) is 3.84. The van der Waals surface area contributed by atoms with Crippen LogP contribution in [0.4, 0.5) is 5.69 Å². The Hall–Kier alpha value is -3.34. The molecule has 0 unspecified atom stereocenters. The van der Waals surface area contributed by atoms with Crippen molar-refractivity contribution in [2.75, 3.05) is 5.32 Å². The molecule has 1 amide bonds. The van der Waals surface area contributed by atoms with Gasteiger partial charge >= 0.3 is 5.97 Å². The Bertz CT molecular complexity index is 1180. The molecule has 144 valence electrons. The van der Waals surface area contributed by atoms with Crippen LogP contribution < -0.4 is 5.32 Å². The molecule has 2 N–H and O–H groups in total. The fourth-order valence-electron chi connectivity index (χ4n) is 2.48. The van der Waals surface area contributed by atoms with Crippen LogP contribution in [0.3, 0.4) is 0 Å². The zero-order valence-electron chi connectivity index (χ0n) is 14.6. The summed E-state index contributed by atoms with van der Waals surface area (Å²) in [5, 5.41) is 21.4. The molecule has 1 aromatic heterocycles. The number of furan rings is 1. The summed E-state index contributed by atoms with van der Waals surface area (Å²) >= 11 is 9.45. The molecule has 0 aliphatic rings. The van der Waals surface area contributed by atoms with Gasteiger partial charge in [-0.1, -0.05) is 33.6 Å². The zero-order valence-corrected chi connectivity index (χ0v) is 17.0. The van der Waals surface area contributed by atoms with E-state index >= 15 is 0 Å². The molecule has 1 heterocycles. The van der Waals surface area contributed by atoms with E-state index in [1.807, 2.05) is 12.1 Å². The van der Waals surface area contributed by atoms with Crippen molar-refractivity contribution in [3.63, 3.8) is 0 Å². The Morgan fingerprint density at radius 2 is 1.97 bits per heavy atom. The van der Waals surface area contributed by atoms with E-state index in [1.165, 1.54) is 24.3 Å². The first-order valence-corrected chi connectivity index (χ1v) is 9.36. The lowest BCUT2D eigenvalue weighted by atomic mass is 10.1. The SMILES string of the molecule is N#C/C(=C\c1ccc(-c2cc(C(=O)O)ccc2Cl)o1)C(=O)Nc1cccc(Br)c1. The second-order valence-electron chi connectivity index (χ2n) is 5.84. The van der Waals surface area contributed by atoms with Gasteiger partial charge in [0.25, 0.3) is 5.91 Å². The molecule has 0 aliphatic carbocycles. The molecule has 3 aromatic rings. The zero-order chi connectivity index (χ0) is 21.0. The van der Waals surface area contributed by atoms with Crippen molar-refractivity contribution in [2.24, 2.45) is 0 Å². The summed E-state index contributed by atoms with van der Waals surface area (Å²) in [6, 6.07) is 16.2. The number of hydrogen-bond donors (Lipinski definition) is 2. The number of carbonyl (C=O) groups excluding carboxylic acids is 1. The summed E-state index contributed by atoms with van der Waals surface area (Å²) in [5.41, 5.74) is 0.825. The number of benzene rings is 2. The molecule has 0 radical (unpaired) electrons. The lowest BCUT2D eigenvalue weighted by molar-refractivity contribution is -0.112. The largest absolute Gasteiger partial charge is 0.478 e. The van der Waals surface area contributed by atoms with Gasteiger partial charge in [-0.15, -0.1) is 0 Å². The van der Waals surface area contributed by atoms with Crippen molar-refractivity contribution in [3.8, 4) is 17.4 Å². The Balaban J connectivity index is 1.86. The maximum absolute atomic E-state index is 12.4. The molecular formula is C21H12BrClN2O4. The maximum atomic E-state index is 12.4. The highest BCUT2D eigenvalue weighted by atomic mass is 79.9. The maximum Gasteiger partial charge on any atom is 0.335 e. The minimum absolute atomic E-state index is 0.0593. The van der Waals surface area contributed by atoms with Gasteiger partial charge in [0.05, 0.1) is 10.6 Å². The fraction of sp³-hybridized carbons (Fsp3) is 0. The van der Waals surface area contributed by atoms with Gasteiger partial charge in [-0.05, 0) is 48.5 Å². The van der Waals surface area contributed by atoms with Crippen LogP contribution in [0.2, 0.25) is 5.02 Å². The summed E-state index contributed by atoms with van der Waals surface area (Å²) < 4.78 is 6.43. The Kier molecular flexibility index (Phi) is 6.17. The Morgan fingerprint density at radius 3 is 2.66 bits per heavy atom. The highest BCUT2D eigenvalue weighted by Crippen LogP contribution is 2.31. The number of carboxylic acid groups (broad SMARTS) is 1. The summed E-state index contributed by atoms with van der Waals surface area (Å²) in [5.74, 6) is -1.12. The van der Waals surface area contributed by atoms with E-state index in [0.29, 0.717) is 22.0 Å². The first-order chi connectivity index (χ1) is 13.9. The van der Waals surface area contributed by atoms with E-state index in [1.54, 1.807) is 30.3 Å². The molecule has 2 aromatic carbocycles. The number of nitriles is 1. The predicted octanol–water partition coefficient (Wildman–Crippen LogP) is 5.61. The van der Waals surface area contributed by atoms with Gasteiger partial charge in [0.2, 0.25) is 0 Å². The summed E-state index contributed by atoms with van der Waals surface area (Å²) in [4.78, 5) is 23.5. The van der Waals surface area contributed by atoms with Crippen molar-refractivity contribution in [1.82, 2.24) is 0 Å². The lowest BCUT2D eigenvalue weighted by Gasteiger charge is -2.04. The molecule has 0 bridgehead atoms. The van der Waals surface area contributed by atoms with E-state index in [-0.39, 0.29) is 16.9 Å². The van der Waals surface area contributed by atoms with Crippen molar-refractivity contribution >= 4 is 51.2 Å². The van der Waals surface area contributed by atoms with E-state index in [9.17, 15) is 14.9 Å². The van der Waals surface area contributed by atoms with Crippen molar-refractivity contribution < 1.29 is 19.1 Å². The standard InChI is InChI=1S/C21H12BrClN2O4/c22-14-2-1-3-15(10-14)25-20(26)13(11-24)8-16-5-7-19(29-16)17-9-12(21(27)28)4-6-18(17)23/h1-10H,(H,25,26)(H,27,28)/b13-8+. The molecule has 3 rings (SSSR count). The quantitative estimate of drug-likeness (QED) is 0.372. The number of anilines is 1. The van der Waals surface area contributed by atoms with Gasteiger partial charge in [-0.2, -0.15) is 5.26 Å². The molecule has 0 saturated heterocycles. The second kappa shape index (κ2) is 8.78. The molecule has 8 heteroatoms. The number of aromatic carboxylic acids is 1. The van der Waals surface area contributed by atoms with Gasteiger partial charge in [-0.25, -0.2) is 4.79 Å². The molecule has 0 saturated carbocycles. The number of nitrogens with one attached hydrogen (secondary N) is 1. The lowest BCUT2D eigenvalue weighted by Crippen LogP contribution is -2.13. The average Bonchev–Trinajstić information content (AvgIpc) is 3.14. The van der Waals surface area contributed by atoms with Crippen LogP contribution in [0.25, 0.3) is 17.4 Å². The number of nitrogens with zero attached hydrogens (tertiary/aromatic N) is 1. The smallest absolute Gasteiger partial charge is 0.335 e. The third-order valence-corrected chi connectivity index (χ3v) is 4.66. The first kappa shape index (κ1) is 20.4. The Labute approximate surface area is 179 Å². The van der Waals surface area contributed by atoms with Crippen LogP contribution in [0.5, 0.6) is 0 Å².